The average Bonchev–Trinajstić information content (AvgIpc) is 2.02. The topological polar surface area (TPSA) is 17.1 Å². The van der Waals surface area contributed by atoms with E-state index in [1.54, 1.807) is 0 Å². The number of hydrogen-bond acceptors (Lipinski definition) is 1. The molecule has 0 aromatic heterocycles. The molecule has 76 valence electrons. The Labute approximate surface area is 83.5 Å². The molecule has 5 heteroatoms. The fraction of sp³-hybridized carbons (Fsp3) is 0.222. The fourth-order valence-electron chi connectivity index (χ4n) is 1.04. The number of benzene rings is 1. The lowest BCUT2D eigenvalue weighted by atomic mass is 10.1. The third-order valence-corrected chi connectivity index (χ3v) is 2.13. The molecule has 0 bridgehead atoms. The van der Waals surface area contributed by atoms with Gasteiger partial charge in [0.25, 0.3) is 6.43 Å². The third-order valence-electron chi connectivity index (χ3n) is 1.72. The summed E-state index contributed by atoms with van der Waals surface area (Å²) >= 11 is 5.46. The van der Waals surface area contributed by atoms with Crippen LogP contribution >= 0.6 is 11.6 Å². The second-order valence-corrected chi connectivity index (χ2v) is 3.06. The van der Waals surface area contributed by atoms with Crippen LogP contribution in [0.5, 0.6) is 0 Å². The minimum Gasteiger partial charge on any atom is -0.294 e. The number of halogens is 4. The summed E-state index contributed by atoms with van der Waals surface area (Å²) in [5, 5.41) is -0.507. The molecular weight excluding hydrogens is 217 g/mol. The highest BCUT2D eigenvalue weighted by atomic mass is 35.5. The summed E-state index contributed by atoms with van der Waals surface area (Å²) in [6, 6.07) is 1.90. The van der Waals surface area contributed by atoms with Gasteiger partial charge in [-0.1, -0.05) is 11.6 Å². The quantitative estimate of drug-likeness (QED) is 0.699. The molecule has 0 atom stereocenters. The lowest BCUT2D eigenvalue weighted by Crippen LogP contribution is -2.00. The summed E-state index contributed by atoms with van der Waals surface area (Å²) in [5.41, 5.74) is -1.01. The van der Waals surface area contributed by atoms with Crippen molar-refractivity contribution in [2.45, 2.75) is 13.3 Å². The molecule has 0 radical (unpaired) electrons. The maximum atomic E-state index is 12.9. The Morgan fingerprint density at radius 2 is 2.00 bits per heavy atom. The minimum atomic E-state index is -3.03. The first-order valence-corrected chi connectivity index (χ1v) is 4.10. The number of carbonyl (C=O) groups excluding carboxylic acids is 1. The highest BCUT2D eigenvalue weighted by Crippen LogP contribution is 2.32. The van der Waals surface area contributed by atoms with Gasteiger partial charge < -0.3 is 0 Å². The van der Waals surface area contributed by atoms with Crippen molar-refractivity contribution >= 4 is 17.4 Å². The molecule has 1 nitrogen and oxygen atoms in total. The van der Waals surface area contributed by atoms with Gasteiger partial charge in [-0.2, -0.15) is 0 Å². The second kappa shape index (κ2) is 4.00. The van der Waals surface area contributed by atoms with Crippen LogP contribution in [0.2, 0.25) is 5.02 Å². The van der Waals surface area contributed by atoms with Crippen molar-refractivity contribution in [3.05, 3.63) is 34.1 Å². The van der Waals surface area contributed by atoms with Gasteiger partial charge >= 0.3 is 0 Å². The highest BCUT2D eigenvalue weighted by molar-refractivity contribution is 6.34. The SMILES string of the molecule is CC(=O)c1ccc(F)c(C(F)F)c1Cl. The lowest BCUT2D eigenvalue weighted by Gasteiger charge is -2.07. The van der Waals surface area contributed by atoms with Gasteiger partial charge in [0.15, 0.2) is 5.78 Å². The molecule has 0 saturated heterocycles. The van der Waals surface area contributed by atoms with Crippen LogP contribution in [0.3, 0.4) is 0 Å². The van der Waals surface area contributed by atoms with Gasteiger partial charge in [0.1, 0.15) is 5.82 Å². The molecule has 0 N–H and O–H groups in total. The monoisotopic (exact) mass is 222 g/mol. The van der Waals surface area contributed by atoms with Crippen LogP contribution in [0, 0.1) is 5.82 Å². The van der Waals surface area contributed by atoms with Crippen LogP contribution in [0.25, 0.3) is 0 Å². The Bertz CT molecular complexity index is 377. The summed E-state index contributed by atoms with van der Waals surface area (Å²) in [4.78, 5) is 10.9. The summed E-state index contributed by atoms with van der Waals surface area (Å²) < 4.78 is 37.5. The lowest BCUT2D eigenvalue weighted by molar-refractivity contribution is 0.101. The van der Waals surface area contributed by atoms with Crippen LogP contribution in [0.15, 0.2) is 12.1 Å². The molecule has 1 aromatic rings. The molecule has 0 spiro atoms. The van der Waals surface area contributed by atoms with Crippen LogP contribution in [-0.2, 0) is 0 Å². The molecular formula is C9H6ClF3O. The summed E-state index contributed by atoms with van der Waals surface area (Å²) in [7, 11) is 0. The van der Waals surface area contributed by atoms with Crippen molar-refractivity contribution in [3.8, 4) is 0 Å². The zero-order chi connectivity index (χ0) is 10.9. The van der Waals surface area contributed by atoms with Crippen molar-refractivity contribution in [1.29, 1.82) is 0 Å². The zero-order valence-electron chi connectivity index (χ0n) is 7.15. The van der Waals surface area contributed by atoms with Gasteiger partial charge in [-0.05, 0) is 19.1 Å². The van der Waals surface area contributed by atoms with E-state index in [1.165, 1.54) is 6.92 Å². The molecule has 0 unspecified atom stereocenters. The minimum absolute atomic E-state index is 0.0941. The predicted molar refractivity (Wildman–Crippen MR) is 46.4 cm³/mol. The largest absolute Gasteiger partial charge is 0.294 e. The van der Waals surface area contributed by atoms with Gasteiger partial charge in [0, 0.05) is 5.56 Å². The van der Waals surface area contributed by atoms with E-state index in [0.717, 1.165) is 12.1 Å². The van der Waals surface area contributed by atoms with E-state index in [0.29, 0.717) is 0 Å². The molecule has 0 aliphatic carbocycles. The second-order valence-electron chi connectivity index (χ2n) is 2.68. The standard InChI is InChI=1S/C9H6ClF3O/c1-4(14)5-2-3-6(11)7(8(5)10)9(12)13/h2-3,9H,1H3. The van der Waals surface area contributed by atoms with Crippen molar-refractivity contribution in [2.24, 2.45) is 0 Å². The Balaban J connectivity index is 3.41. The molecule has 0 aliphatic heterocycles. The molecule has 14 heavy (non-hydrogen) atoms. The Kier molecular flexibility index (Phi) is 3.16. The van der Waals surface area contributed by atoms with Crippen LogP contribution < -0.4 is 0 Å². The first-order chi connectivity index (χ1) is 6.45. The van der Waals surface area contributed by atoms with Crippen LogP contribution in [0.4, 0.5) is 13.2 Å². The molecule has 0 heterocycles. The predicted octanol–water partition coefficient (Wildman–Crippen LogP) is 3.62. The molecule has 1 rings (SSSR count). The molecule has 0 fully saturated rings. The number of rotatable bonds is 2. The van der Waals surface area contributed by atoms with Crippen LogP contribution in [-0.4, -0.2) is 5.78 Å². The van der Waals surface area contributed by atoms with Crippen molar-refractivity contribution in [2.75, 3.05) is 0 Å². The van der Waals surface area contributed by atoms with Crippen molar-refractivity contribution in [1.82, 2.24) is 0 Å². The first kappa shape index (κ1) is 11.0. The van der Waals surface area contributed by atoms with E-state index in [2.05, 4.69) is 0 Å². The van der Waals surface area contributed by atoms with Crippen molar-refractivity contribution < 1.29 is 18.0 Å². The summed E-state index contributed by atoms with van der Waals surface area (Å²) in [6.07, 6.45) is -3.03. The van der Waals surface area contributed by atoms with E-state index >= 15 is 0 Å². The molecule has 0 aliphatic rings. The van der Waals surface area contributed by atoms with Gasteiger partial charge in [-0.15, -0.1) is 0 Å². The van der Waals surface area contributed by atoms with Crippen LogP contribution in [0.1, 0.15) is 29.3 Å². The van der Waals surface area contributed by atoms with E-state index < -0.39 is 28.6 Å². The van der Waals surface area contributed by atoms with Crippen molar-refractivity contribution in [3.63, 3.8) is 0 Å². The van der Waals surface area contributed by atoms with E-state index in [1.807, 2.05) is 0 Å². The van der Waals surface area contributed by atoms with E-state index in [-0.39, 0.29) is 5.56 Å². The zero-order valence-corrected chi connectivity index (χ0v) is 7.91. The summed E-state index contributed by atoms with van der Waals surface area (Å²) in [6.45, 7) is 1.17. The number of hydrogen-bond donors (Lipinski definition) is 0. The number of carbonyl (C=O) groups is 1. The number of Topliss-reactive ketones (excluding diaryl/α,β-unsaturated/α-hetero) is 1. The normalized spacial score (nSPS) is 10.7. The van der Waals surface area contributed by atoms with E-state index in [4.69, 9.17) is 11.6 Å². The molecule has 1 aromatic carbocycles. The maximum absolute atomic E-state index is 12.9. The smallest absolute Gasteiger partial charge is 0.268 e. The first-order valence-electron chi connectivity index (χ1n) is 3.72. The van der Waals surface area contributed by atoms with Gasteiger partial charge in [0.05, 0.1) is 10.6 Å². The molecule has 0 saturated carbocycles. The van der Waals surface area contributed by atoms with Gasteiger partial charge in [-0.25, -0.2) is 13.2 Å². The number of ketones is 1. The maximum Gasteiger partial charge on any atom is 0.268 e. The number of alkyl halides is 2. The Morgan fingerprint density at radius 1 is 1.43 bits per heavy atom. The average molecular weight is 223 g/mol. The van der Waals surface area contributed by atoms with Gasteiger partial charge in [0.2, 0.25) is 0 Å². The Morgan fingerprint density at radius 3 is 2.43 bits per heavy atom. The third kappa shape index (κ3) is 1.90. The fourth-order valence-corrected chi connectivity index (χ4v) is 1.41. The molecule has 0 amide bonds. The van der Waals surface area contributed by atoms with Gasteiger partial charge in [-0.3, -0.25) is 4.79 Å². The van der Waals surface area contributed by atoms with E-state index in [9.17, 15) is 18.0 Å². The Hall–Kier alpha value is -1.03. The highest BCUT2D eigenvalue weighted by Gasteiger charge is 2.21. The summed E-state index contributed by atoms with van der Waals surface area (Å²) in [5.74, 6) is -1.58.